The lowest BCUT2D eigenvalue weighted by atomic mass is 10.1. The molecule has 0 heterocycles. The van der Waals surface area contributed by atoms with Crippen molar-refractivity contribution in [2.75, 3.05) is 0 Å². The Kier molecular flexibility index (Phi) is 9.99. The predicted molar refractivity (Wildman–Crippen MR) is 83.7 cm³/mol. The predicted octanol–water partition coefficient (Wildman–Crippen LogP) is -1.96. The van der Waals surface area contributed by atoms with E-state index in [2.05, 4.69) is 10.6 Å². The van der Waals surface area contributed by atoms with Gasteiger partial charge in [-0.15, -0.1) is 0 Å². The second-order valence-electron chi connectivity index (χ2n) is 5.34. The molecule has 0 saturated heterocycles. The molecule has 12 nitrogen and oxygen atoms in total. The minimum absolute atomic E-state index is 0.283. The van der Waals surface area contributed by atoms with E-state index in [-0.39, 0.29) is 12.8 Å². The molecule has 0 saturated carbocycles. The zero-order chi connectivity index (χ0) is 20.3. The number of hydrogen-bond donors (Lipinski definition) is 6. The first-order valence-corrected chi connectivity index (χ1v) is 7.57. The first-order chi connectivity index (χ1) is 12.0. The van der Waals surface area contributed by atoms with Gasteiger partial charge in [-0.25, -0.2) is 0 Å². The number of rotatable bonds is 13. The van der Waals surface area contributed by atoms with Crippen LogP contribution in [0.4, 0.5) is 0 Å². The van der Waals surface area contributed by atoms with Crippen molar-refractivity contribution in [1.82, 2.24) is 10.6 Å². The Labute approximate surface area is 147 Å². The van der Waals surface area contributed by atoms with Crippen LogP contribution in [0.1, 0.15) is 38.5 Å². The largest absolute Gasteiger partial charge is 0.481 e. The number of carboxylic acid groups (broad SMARTS) is 3. The van der Waals surface area contributed by atoms with Crippen molar-refractivity contribution in [2.24, 2.45) is 5.73 Å². The van der Waals surface area contributed by atoms with E-state index in [1.54, 1.807) is 0 Å². The number of primary amides is 1. The number of carbonyl (C=O) groups is 6. The summed E-state index contributed by atoms with van der Waals surface area (Å²) in [7, 11) is 0. The van der Waals surface area contributed by atoms with Gasteiger partial charge >= 0.3 is 17.9 Å². The summed E-state index contributed by atoms with van der Waals surface area (Å²) < 4.78 is 0. The third-order valence-corrected chi connectivity index (χ3v) is 3.17. The van der Waals surface area contributed by atoms with Gasteiger partial charge in [0.1, 0.15) is 12.1 Å². The van der Waals surface area contributed by atoms with Crippen LogP contribution in [0.15, 0.2) is 0 Å². The van der Waals surface area contributed by atoms with E-state index < -0.39 is 73.4 Å². The van der Waals surface area contributed by atoms with Crippen LogP contribution in [-0.4, -0.2) is 63.0 Å². The van der Waals surface area contributed by atoms with Crippen LogP contribution in [0.3, 0.4) is 0 Å². The molecule has 3 amide bonds. The molecule has 12 heteroatoms. The van der Waals surface area contributed by atoms with Crippen molar-refractivity contribution >= 4 is 35.6 Å². The molecule has 0 fully saturated rings. The van der Waals surface area contributed by atoms with E-state index in [9.17, 15) is 28.8 Å². The van der Waals surface area contributed by atoms with Crippen molar-refractivity contribution in [2.45, 2.75) is 50.6 Å². The molecule has 0 rings (SSSR count). The lowest BCUT2D eigenvalue weighted by molar-refractivity contribution is -0.140. The van der Waals surface area contributed by atoms with Gasteiger partial charge in [0.05, 0.1) is 6.42 Å². The number of hydrogen-bond acceptors (Lipinski definition) is 6. The van der Waals surface area contributed by atoms with Gasteiger partial charge in [-0.2, -0.15) is 0 Å². The molecule has 0 aromatic rings. The van der Waals surface area contributed by atoms with Crippen molar-refractivity contribution in [3.05, 3.63) is 0 Å². The Morgan fingerprint density at radius 1 is 0.692 bits per heavy atom. The molecule has 26 heavy (non-hydrogen) atoms. The van der Waals surface area contributed by atoms with Crippen LogP contribution in [0.25, 0.3) is 0 Å². The summed E-state index contributed by atoms with van der Waals surface area (Å²) in [4.78, 5) is 66.9. The molecule has 7 N–H and O–H groups in total. The molecule has 0 radical (unpaired) electrons. The normalized spacial score (nSPS) is 12.5. The Morgan fingerprint density at radius 3 is 1.58 bits per heavy atom. The Bertz CT molecular complexity index is 576. The van der Waals surface area contributed by atoms with Gasteiger partial charge in [0, 0.05) is 19.3 Å². The fourth-order valence-corrected chi connectivity index (χ4v) is 1.85. The number of nitrogens with one attached hydrogen (secondary N) is 2. The van der Waals surface area contributed by atoms with Gasteiger partial charge in [0.25, 0.3) is 0 Å². The van der Waals surface area contributed by atoms with Crippen LogP contribution in [-0.2, 0) is 28.8 Å². The summed E-state index contributed by atoms with van der Waals surface area (Å²) in [6.45, 7) is 0. The molecule has 0 aliphatic rings. The molecule has 0 bridgehead atoms. The van der Waals surface area contributed by atoms with Gasteiger partial charge in [-0.1, -0.05) is 0 Å². The van der Waals surface area contributed by atoms with E-state index >= 15 is 0 Å². The first kappa shape index (κ1) is 22.8. The maximum absolute atomic E-state index is 12.2. The first-order valence-electron chi connectivity index (χ1n) is 7.57. The summed E-state index contributed by atoms with van der Waals surface area (Å²) in [6, 6.07) is -2.67. The minimum Gasteiger partial charge on any atom is -0.481 e. The Balaban J connectivity index is 4.96. The number of amides is 3. The van der Waals surface area contributed by atoms with E-state index in [0.29, 0.717) is 0 Å². The smallest absolute Gasteiger partial charge is 0.303 e. The van der Waals surface area contributed by atoms with E-state index in [4.69, 9.17) is 21.1 Å². The molecule has 2 unspecified atom stereocenters. The average Bonchev–Trinajstić information content (AvgIpc) is 2.52. The quantitative estimate of drug-likeness (QED) is 0.210. The number of nitrogens with two attached hydrogens (primary N) is 1. The van der Waals surface area contributed by atoms with Crippen molar-refractivity contribution in [3.8, 4) is 0 Å². The van der Waals surface area contributed by atoms with E-state index in [1.807, 2.05) is 0 Å². The zero-order valence-corrected chi connectivity index (χ0v) is 13.8. The maximum atomic E-state index is 12.2. The van der Waals surface area contributed by atoms with Gasteiger partial charge in [-0.3, -0.25) is 28.8 Å². The SMILES string of the molecule is NC(=O)C(CCC(=O)O)NC(=O)C(CCC(=O)O)NC(=O)CCC(=O)O. The summed E-state index contributed by atoms with van der Waals surface area (Å²) >= 11 is 0. The molecular weight excluding hydrogens is 354 g/mol. The lowest BCUT2D eigenvalue weighted by Crippen LogP contribution is -2.53. The zero-order valence-electron chi connectivity index (χ0n) is 13.8. The average molecular weight is 375 g/mol. The minimum atomic E-state index is -1.35. The van der Waals surface area contributed by atoms with Crippen molar-refractivity contribution < 1.29 is 44.1 Å². The molecule has 0 spiro atoms. The molecule has 0 aliphatic heterocycles. The monoisotopic (exact) mass is 375 g/mol. The topological polar surface area (TPSA) is 213 Å². The Hall–Kier alpha value is -3.18. The second-order valence-corrected chi connectivity index (χ2v) is 5.34. The third-order valence-electron chi connectivity index (χ3n) is 3.17. The molecule has 2 atom stereocenters. The summed E-state index contributed by atoms with van der Waals surface area (Å²) in [6.07, 6.45) is -2.43. The number of carboxylic acids is 3. The molecule has 0 aromatic heterocycles. The fraction of sp³-hybridized carbons (Fsp3) is 0.571. The van der Waals surface area contributed by atoms with Crippen molar-refractivity contribution in [3.63, 3.8) is 0 Å². The molecule has 0 aliphatic carbocycles. The standard InChI is InChI=1S/C14H21N3O9/c15-13(25)7(1-4-10(19)20)17-14(26)8(2-5-11(21)22)16-9(18)3-6-12(23)24/h7-8H,1-6H2,(H2,15,25)(H,16,18)(H,17,26)(H,19,20)(H,21,22)(H,23,24). The fourth-order valence-electron chi connectivity index (χ4n) is 1.85. The van der Waals surface area contributed by atoms with Crippen LogP contribution >= 0.6 is 0 Å². The van der Waals surface area contributed by atoms with Crippen molar-refractivity contribution in [1.29, 1.82) is 0 Å². The molecular formula is C14H21N3O9. The van der Waals surface area contributed by atoms with Crippen LogP contribution < -0.4 is 16.4 Å². The van der Waals surface area contributed by atoms with Crippen LogP contribution in [0.5, 0.6) is 0 Å². The Morgan fingerprint density at radius 2 is 1.15 bits per heavy atom. The van der Waals surface area contributed by atoms with E-state index in [1.165, 1.54) is 0 Å². The highest BCUT2D eigenvalue weighted by atomic mass is 16.4. The van der Waals surface area contributed by atoms with Crippen LogP contribution in [0.2, 0.25) is 0 Å². The highest BCUT2D eigenvalue weighted by Crippen LogP contribution is 2.03. The van der Waals surface area contributed by atoms with Gasteiger partial charge in [0.15, 0.2) is 0 Å². The third kappa shape index (κ3) is 10.6. The van der Waals surface area contributed by atoms with Crippen LogP contribution in [0, 0.1) is 0 Å². The summed E-state index contributed by atoms with van der Waals surface area (Å²) in [5.74, 6) is -6.39. The summed E-state index contributed by atoms with van der Waals surface area (Å²) in [5, 5.41) is 30.2. The highest BCUT2D eigenvalue weighted by molar-refractivity contribution is 5.92. The highest BCUT2D eigenvalue weighted by Gasteiger charge is 2.26. The number of carbonyl (C=O) groups excluding carboxylic acids is 3. The van der Waals surface area contributed by atoms with Gasteiger partial charge in [-0.05, 0) is 12.8 Å². The molecule has 0 aromatic carbocycles. The van der Waals surface area contributed by atoms with Gasteiger partial charge in [0.2, 0.25) is 17.7 Å². The number of aliphatic carboxylic acids is 3. The maximum Gasteiger partial charge on any atom is 0.303 e. The summed E-state index contributed by atoms with van der Waals surface area (Å²) in [5.41, 5.74) is 5.08. The lowest BCUT2D eigenvalue weighted by Gasteiger charge is -2.21. The second kappa shape index (κ2) is 11.4. The van der Waals surface area contributed by atoms with E-state index in [0.717, 1.165) is 0 Å². The van der Waals surface area contributed by atoms with Gasteiger partial charge < -0.3 is 31.7 Å². The molecule has 146 valence electrons.